The first kappa shape index (κ1) is 16.1. The molecule has 20 heavy (non-hydrogen) atoms. The van der Waals surface area contributed by atoms with Crippen LogP contribution in [0.2, 0.25) is 0 Å². The van der Waals surface area contributed by atoms with Crippen LogP contribution in [0.1, 0.15) is 20.7 Å². The van der Waals surface area contributed by atoms with Crippen molar-refractivity contribution in [2.45, 2.75) is 0 Å². The Hall–Kier alpha value is -1.92. The average molecular weight is 280 g/mol. The smallest absolute Gasteiger partial charge is 0.264 e. The van der Waals surface area contributed by atoms with E-state index in [4.69, 9.17) is 0 Å². The van der Waals surface area contributed by atoms with Gasteiger partial charge in [0, 0.05) is 11.1 Å². The summed E-state index contributed by atoms with van der Waals surface area (Å²) in [5, 5.41) is 0. The normalized spacial score (nSPS) is 11.9. The molecule has 0 radical (unpaired) electrons. The maximum absolute atomic E-state index is 12.1. The molecule has 1 aromatic rings. The van der Waals surface area contributed by atoms with Gasteiger partial charge in [0.05, 0.1) is 42.3 Å². The number of carbonyl (C=O) groups is 2. The highest BCUT2D eigenvalue weighted by Crippen LogP contribution is 2.06. The second-order valence-electron chi connectivity index (χ2n) is 6.49. The van der Waals surface area contributed by atoms with E-state index in [0.717, 1.165) is 0 Å². The second-order valence-corrected chi connectivity index (χ2v) is 6.49. The molecule has 1 aromatic carbocycles. The van der Waals surface area contributed by atoms with Crippen molar-refractivity contribution in [3.05, 3.63) is 35.4 Å². The first-order chi connectivity index (χ1) is 8.98. The SMILES string of the molecule is C[N+](C)(C)NC(=O)c1cccc(C(=O)N[N+](C)(C)C)c1. The van der Waals surface area contributed by atoms with Crippen molar-refractivity contribution < 1.29 is 18.8 Å². The molecule has 6 nitrogen and oxygen atoms in total. The minimum Gasteiger partial charge on any atom is -0.264 e. The van der Waals surface area contributed by atoms with Gasteiger partial charge >= 0.3 is 0 Å². The van der Waals surface area contributed by atoms with Crippen molar-refractivity contribution in [1.82, 2.24) is 10.9 Å². The van der Waals surface area contributed by atoms with Crippen LogP contribution >= 0.6 is 0 Å². The van der Waals surface area contributed by atoms with E-state index in [1.54, 1.807) is 24.3 Å². The lowest BCUT2D eigenvalue weighted by Gasteiger charge is -2.24. The summed E-state index contributed by atoms with van der Waals surface area (Å²) < 4.78 is 0.627. The first-order valence-electron chi connectivity index (χ1n) is 6.36. The van der Waals surface area contributed by atoms with Crippen LogP contribution in [0.25, 0.3) is 0 Å². The predicted molar refractivity (Wildman–Crippen MR) is 77.4 cm³/mol. The summed E-state index contributed by atoms with van der Waals surface area (Å²) in [6, 6.07) is 6.67. The lowest BCUT2D eigenvalue weighted by atomic mass is 10.1. The molecule has 0 heterocycles. The van der Waals surface area contributed by atoms with Gasteiger partial charge in [-0.2, -0.15) is 10.9 Å². The Morgan fingerprint density at radius 1 is 0.800 bits per heavy atom. The van der Waals surface area contributed by atoms with Gasteiger partial charge in [0.2, 0.25) is 0 Å². The van der Waals surface area contributed by atoms with Gasteiger partial charge in [-0.05, 0) is 18.2 Å². The molecule has 2 N–H and O–H groups in total. The first-order valence-corrected chi connectivity index (χ1v) is 6.36. The number of quaternary nitrogens is 2. The van der Waals surface area contributed by atoms with Gasteiger partial charge in [-0.3, -0.25) is 9.59 Å². The van der Waals surface area contributed by atoms with Gasteiger partial charge in [0.1, 0.15) is 0 Å². The Labute approximate surface area is 120 Å². The van der Waals surface area contributed by atoms with Crippen LogP contribution in [-0.2, 0) is 0 Å². The quantitative estimate of drug-likeness (QED) is 0.619. The zero-order valence-electron chi connectivity index (χ0n) is 13.0. The molecule has 0 aliphatic carbocycles. The Balaban J connectivity index is 2.91. The van der Waals surface area contributed by atoms with Crippen molar-refractivity contribution in [1.29, 1.82) is 0 Å². The van der Waals surface area contributed by atoms with E-state index in [-0.39, 0.29) is 11.8 Å². The lowest BCUT2D eigenvalue weighted by molar-refractivity contribution is -0.905. The number of carbonyl (C=O) groups excluding carboxylic acids is 2. The monoisotopic (exact) mass is 280 g/mol. The fourth-order valence-corrected chi connectivity index (χ4v) is 1.54. The molecular weight excluding hydrogens is 256 g/mol. The standard InChI is InChI=1S/C14H22N4O2/c1-17(2,3)15-13(19)11-8-7-9-12(10-11)14(20)16-18(4,5)6/h7-10H,1-6H3/p+2. The molecule has 0 atom stereocenters. The molecule has 0 saturated carbocycles. The molecule has 110 valence electrons. The number of benzene rings is 1. The van der Waals surface area contributed by atoms with Crippen LogP contribution in [0.5, 0.6) is 0 Å². The zero-order valence-corrected chi connectivity index (χ0v) is 13.0. The molecule has 0 bridgehead atoms. The zero-order chi connectivity index (χ0) is 15.6. The highest BCUT2D eigenvalue weighted by Gasteiger charge is 2.18. The van der Waals surface area contributed by atoms with Crippen LogP contribution in [0.4, 0.5) is 0 Å². The highest BCUT2D eigenvalue weighted by atomic mass is 16.2. The van der Waals surface area contributed by atoms with E-state index >= 15 is 0 Å². The number of amides is 2. The third-order valence-corrected chi connectivity index (χ3v) is 2.26. The lowest BCUT2D eigenvalue weighted by Crippen LogP contribution is -2.51. The molecule has 6 heteroatoms. The predicted octanol–water partition coefficient (Wildman–Crippen LogP) is 0.389. The third-order valence-electron chi connectivity index (χ3n) is 2.26. The fraction of sp³-hybridized carbons (Fsp3) is 0.429. The van der Waals surface area contributed by atoms with E-state index < -0.39 is 0 Å². The van der Waals surface area contributed by atoms with Gasteiger partial charge in [0.15, 0.2) is 0 Å². The minimum atomic E-state index is -0.211. The molecule has 1 rings (SSSR count). The van der Waals surface area contributed by atoms with E-state index in [1.807, 2.05) is 42.3 Å². The summed E-state index contributed by atoms with van der Waals surface area (Å²) in [7, 11) is 11.1. The van der Waals surface area contributed by atoms with Crippen molar-refractivity contribution in [2.24, 2.45) is 0 Å². The van der Waals surface area contributed by atoms with Gasteiger partial charge in [-0.15, -0.1) is 0 Å². The van der Waals surface area contributed by atoms with Crippen LogP contribution in [0, 0.1) is 0 Å². The fourth-order valence-electron chi connectivity index (χ4n) is 1.54. The second kappa shape index (κ2) is 5.60. The van der Waals surface area contributed by atoms with E-state index in [1.165, 1.54) is 0 Å². The number of rotatable bonds is 4. The van der Waals surface area contributed by atoms with Gasteiger partial charge in [-0.1, -0.05) is 6.07 Å². The molecule has 0 saturated heterocycles. The summed E-state index contributed by atoms with van der Waals surface area (Å²) in [4.78, 5) is 24.1. The summed E-state index contributed by atoms with van der Waals surface area (Å²) >= 11 is 0. The van der Waals surface area contributed by atoms with E-state index in [2.05, 4.69) is 10.9 Å². The van der Waals surface area contributed by atoms with Crippen LogP contribution in [0.3, 0.4) is 0 Å². The van der Waals surface area contributed by atoms with Crippen molar-refractivity contribution in [3.8, 4) is 0 Å². The van der Waals surface area contributed by atoms with Crippen LogP contribution < -0.4 is 10.9 Å². The van der Waals surface area contributed by atoms with E-state index in [9.17, 15) is 9.59 Å². The Morgan fingerprint density at radius 3 is 1.45 bits per heavy atom. The van der Waals surface area contributed by atoms with Gasteiger partial charge in [0.25, 0.3) is 11.8 Å². The molecular formula is C14H24N4O2+2. The van der Waals surface area contributed by atoms with Crippen LogP contribution in [0.15, 0.2) is 24.3 Å². The number of hydrogen-bond donors (Lipinski definition) is 2. The Morgan fingerprint density at radius 2 is 1.15 bits per heavy atom. The van der Waals surface area contributed by atoms with Crippen LogP contribution in [-0.4, -0.2) is 63.3 Å². The van der Waals surface area contributed by atoms with Crippen molar-refractivity contribution in [2.75, 3.05) is 42.3 Å². The Kier molecular flexibility index (Phi) is 4.52. The molecule has 0 aliphatic rings. The summed E-state index contributed by atoms with van der Waals surface area (Å²) in [6.45, 7) is 0. The van der Waals surface area contributed by atoms with Gasteiger partial charge < -0.3 is 0 Å². The largest absolute Gasteiger partial charge is 0.295 e. The highest BCUT2D eigenvalue weighted by molar-refractivity contribution is 5.98. The maximum atomic E-state index is 12.1. The number of hydrogen-bond acceptors (Lipinski definition) is 2. The van der Waals surface area contributed by atoms with E-state index in [0.29, 0.717) is 20.3 Å². The Bertz CT molecular complexity index is 469. The summed E-state index contributed by atoms with van der Waals surface area (Å²) in [5.41, 5.74) is 6.56. The van der Waals surface area contributed by atoms with Gasteiger partial charge in [-0.25, -0.2) is 9.18 Å². The number of nitrogens with zero attached hydrogens (tertiary/aromatic N) is 2. The topological polar surface area (TPSA) is 58.2 Å². The molecule has 0 aliphatic heterocycles. The van der Waals surface area contributed by atoms with Crippen molar-refractivity contribution >= 4 is 11.8 Å². The molecule has 0 unspecified atom stereocenters. The number of nitrogens with one attached hydrogen (secondary N) is 2. The summed E-state index contributed by atoms with van der Waals surface area (Å²) in [6.07, 6.45) is 0. The average Bonchev–Trinajstić information content (AvgIpc) is 2.24. The molecule has 2 amide bonds. The molecule has 0 aromatic heterocycles. The van der Waals surface area contributed by atoms with Crippen molar-refractivity contribution in [3.63, 3.8) is 0 Å². The third kappa shape index (κ3) is 5.38. The molecule has 0 fully saturated rings. The maximum Gasteiger partial charge on any atom is 0.295 e. The minimum absolute atomic E-state index is 0.211. The summed E-state index contributed by atoms with van der Waals surface area (Å²) in [5.74, 6) is -0.421. The molecule has 0 spiro atoms.